The van der Waals surface area contributed by atoms with E-state index in [4.69, 9.17) is 4.74 Å². The van der Waals surface area contributed by atoms with Crippen molar-refractivity contribution in [3.63, 3.8) is 0 Å². The summed E-state index contributed by atoms with van der Waals surface area (Å²) in [4.78, 5) is 12.3. The van der Waals surface area contributed by atoms with Crippen molar-refractivity contribution in [1.29, 1.82) is 0 Å². The van der Waals surface area contributed by atoms with E-state index >= 15 is 0 Å². The number of hydrogen-bond acceptors (Lipinski definition) is 2. The van der Waals surface area contributed by atoms with Gasteiger partial charge in [0.1, 0.15) is 5.75 Å². The molecule has 3 heteroatoms. The van der Waals surface area contributed by atoms with Gasteiger partial charge in [-0.15, -0.1) is 0 Å². The molecule has 0 radical (unpaired) electrons. The van der Waals surface area contributed by atoms with Crippen LogP contribution in [0.5, 0.6) is 5.75 Å². The molecule has 0 aliphatic carbocycles. The fraction of sp³-hybridized carbons (Fsp3) is 0.235. The van der Waals surface area contributed by atoms with Gasteiger partial charge in [-0.2, -0.15) is 0 Å². The number of benzene rings is 2. The van der Waals surface area contributed by atoms with Crippen molar-refractivity contribution in [2.24, 2.45) is 0 Å². The Kier molecular flexibility index (Phi) is 4.41. The molecule has 0 aliphatic rings. The van der Waals surface area contributed by atoms with Gasteiger partial charge in [0.25, 0.3) is 5.91 Å². The molecular weight excluding hydrogens is 250 g/mol. The van der Waals surface area contributed by atoms with Crippen molar-refractivity contribution in [1.82, 2.24) is 5.32 Å². The third-order valence-electron chi connectivity index (χ3n) is 3.35. The summed E-state index contributed by atoms with van der Waals surface area (Å²) >= 11 is 0. The Bertz CT molecular complexity index is 607. The first kappa shape index (κ1) is 14.1. The summed E-state index contributed by atoms with van der Waals surface area (Å²) in [6.45, 7) is 4.02. The minimum atomic E-state index is -0.127. The summed E-state index contributed by atoms with van der Waals surface area (Å²) in [6.07, 6.45) is 0. The summed E-state index contributed by atoms with van der Waals surface area (Å²) in [5.41, 5.74) is 2.84. The largest absolute Gasteiger partial charge is 0.496 e. The molecule has 1 atom stereocenters. The normalized spacial score (nSPS) is 11.8. The van der Waals surface area contributed by atoms with Crippen LogP contribution in [0.3, 0.4) is 0 Å². The van der Waals surface area contributed by atoms with Crippen molar-refractivity contribution in [3.8, 4) is 5.75 Å². The van der Waals surface area contributed by atoms with E-state index in [-0.39, 0.29) is 11.9 Å². The summed E-state index contributed by atoms with van der Waals surface area (Å²) in [6, 6.07) is 15.2. The number of amides is 1. The molecule has 0 heterocycles. The van der Waals surface area contributed by atoms with Crippen molar-refractivity contribution >= 4 is 5.91 Å². The van der Waals surface area contributed by atoms with E-state index in [1.165, 1.54) is 5.56 Å². The molecule has 0 aromatic heterocycles. The van der Waals surface area contributed by atoms with E-state index < -0.39 is 0 Å². The molecule has 104 valence electrons. The highest BCUT2D eigenvalue weighted by atomic mass is 16.5. The van der Waals surface area contributed by atoms with Crippen molar-refractivity contribution in [2.45, 2.75) is 19.9 Å². The molecule has 3 nitrogen and oxygen atoms in total. The number of methoxy groups -OCH3 is 1. The number of para-hydroxylation sites is 1. The molecule has 1 N–H and O–H groups in total. The molecule has 1 amide bonds. The van der Waals surface area contributed by atoms with Gasteiger partial charge >= 0.3 is 0 Å². The van der Waals surface area contributed by atoms with Gasteiger partial charge in [-0.1, -0.05) is 36.4 Å². The Hall–Kier alpha value is -2.29. The Morgan fingerprint density at radius 3 is 2.45 bits per heavy atom. The fourth-order valence-corrected chi connectivity index (χ4v) is 2.26. The van der Waals surface area contributed by atoms with Gasteiger partial charge in [-0.05, 0) is 37.1 Å². The molecule has 0 spiro atoms. The lowest BCUT2D eigenvalue weighted by atomic mass is 10.0. The number of carbonyl (C=O) groups is 1. The maximum atomic E-state index is 12.3. The van der Waals surface area contributed by atoms with Gasteiger partial charge in [0.15, 0.2) is 0 Å². The topological polar surface area (TPSA) is 38.3 Å². The number of ether oxygens (including phenoxy) is 1. The average molecular weight is 269 g/mol. The van der Waals surface area contributed by atoms with E-state index in [2.05, 4.69) is 5.32 Å². The molecule has 0 saturated carbocycles. The third kappa shape index (κ3) is 2.99. The SMILES string of the molecule is COc1ccccc1C(=O)NC(C)c1ccccc1C. The van der Waals surface area contributed by atoms with Crippen molar-refractivity contribution in [2.75, 3.05) is 7.11 Å². The zero-order chi connectivity index (χ0) is 14.5. The highest BCUT2D eigenvalue weighted by molar-refractivity contribution is 5.97. The van der Waals surface area contributed by atoms with E-state index in [0.29, 0.717) is 11.3 Å². The fourth-order valence-electron chi connectivity index (χ4n) is 2.26. The quantitative estimate of drug-likeness (QED) is 0.922. The van der Waals surface area contributed by atoms with Crippen LogP contribution in [0, 0.1) is 6.92 Å². The van der Waals surface area contributed by atoms with Crippen LogP contribution >= 0.6 is 0 Å². The number of aryl methyl sites for hydroxylation is 1. The lowest BCUT2D eigenvalue weighted by Crippen LogP contribution is -2.27. The second-order valence-electron chi connectivity index (χ2n) is 4.75. The van der Waals surface area contributed by atoms with Crippen LogP contribution in [0.4, 0.5) is 0 Å². The van der Waals surface area contributed by atoms with Crippen LogP contribution in [0.1, 0.15) is 34.5 Å². The molecule has 1 unspecified atom stereocenters. The van der Waals surface area contributed by atoms with E-state index in [0.717, 1.165) is 5.56 Å². The van der Waals surface area contributed by atoms with Gasteiger partial charge in [0.05, 0.1) is 18.7 Å². The second-order valence-corrected chi connectivity index (χ2v) is 4.75. The summed E-state index contributed by atoms with van der Waals surface area (Å²) in [5.74, 6) is 0.459. The number of hydrogen-bond donors (Lipinski definition) is 1. The number of nitrogens with one attached hydrogen (secondary N) is 1. The van der Waals surface area contributed by atoms with Gasteiger partial charge in [0.2, 0.25) is 0 Å². The molecular formula is C17H19NO2. The van der Waals surface area contributed by atoms with Gasteiger partial charge in [-0.3, -0.25) is 4.79 Å². The predicted octanol–water partition coefficient (Wildman–Crippen LogP) is 3.49. The minimum Gasteiger partial charge on any atom is -0.496 e. The smallest absolute Gasteiger partial charge is 0.255 e. The average Bonchev–Trinajstić information content (AvgIpc) is 2.47. The predicted molar refractivity (Wildman–Crippen MR) is 80.1 cm³/mol. The summed E-state index contributed by atoms with van der Waals surface area (Å²) in [5, 5.41) is 3.01. The van der Waals surface area contributed by atoms with E-state index in [1.54, 1.807) is 19.2 Å². The van der Waals surface area contributed by atoms with Crippen LogP contribution in [0.2, 0.25) is 0 Å². The standard InChI is InChI=1S/C17H19NO2/c1-12-8-4-5-9-14(12)13(2)18-17(19)15-10-6-7-11-16(15)20-3/h4-11,13H,1-3H3,(H,18,19). The molecule has 0 bridgehead atoms. The lowest BCUT2D eigenvalue weighted by molar-refractivity contribution is 0.0937. The Labute approximate surface area is 119 Å². The van der Waals surface area contributed by atoms with Crippen molar-refractivity contribution in [3.05, 3.63) is 65.2 Å². The van der Waals surface area contributed by atoms with Crippen LogP contribution in [-0.4, -0.2) is 13.0 Å². The third-order valence-corrected chi connectivity index (χ3v) is 3.35. The Balaban J connectivity index is 2.18. The molecule has 0 saturated heterocycles. The highest BCUT2D eigenvalue weighted by Crippen LogP contribution is 2.20. The molecule has 2 aromatic carbocycles. The Morgan fingerprint density at radius 2 is 1.75 bits per heavy atom. The molecule has 2 aromatic rings. The second kappa shape index (κ2) is 6.24. The van der Waals surface area contributed by atoms with Crippen LogP contribution < -0.4 is 10.1 Å². The minimum absolute atomic E-state index is 0.0476. The number of rotatable bonds is 4. The molecule has 0 fully saturated rings. The summed E-state index contributed by atoms with van der Waals surface area (Å²) < 4.78 is 5.22. The van der Waals surface area contributed by atoms with Crippen LogP contribution in [0.15, 0.2) is 48.5 Å². The van der Waals surface area contributed by atoms with Gasteiger partial charge in [-0.25, -0.2) is 0 Å². The van der Waals surface area contributed by atoms with Gasteiger partial charge < -0.3 is 10.1 Å². The summed E-state index contributed by atoms with van der Waals surface area (Å²) in [7, 11) is 1.57. The number of carbonyl (C=O) groups excluding carboxylic acids is 1. The zero-order valence-electron chi connectivity index (χ0n) is 12.0. The van der Waals surface area contributed by atoms with E-state index in [1.807, 2.05) is 50.2 Å². The first-order chi connectivity index (χ1) is 9.63. The van der Waals surface area contributed by atoms with Crippen LogP contribution in [0.25, 0.3) is 0 Å². The van der Waals surface area contributed by atoms with Gasteiger partial charge in [0, 0.05) is 0 Å². The monoisotopic (exact) mass is 269 g/mol. The maximum Gasteiger partial charge on any atom is 0.255 e. The maximum absolute atomic E-state index is 12.3. The lowest BCUT2D eigenvalue weighted by Gasteiger charge is -2.17. The zero-order valence-corrected chi connectivity index (χ0v) is 12.0. The molecule has 20 heavy (non-hydrogen) atoms. The van der Waals surface area contributed by atoms with Crippen LogP contribution in [-0.2, 0) is 0 Å². The van der Waals surface area contributed by atoms with E-state index in [9.17, 15) is 4.79 Å². The first-order valence-electron chi connectivity index (χ1n) is 6.63. The Morgan fingerprint density at radius 1 is 1.10 bits per heavy atom. The highest BCUT2D eigenvalue weighted by Gasteiger charge is 2.15. The molecule has 0 aliphatic heterocycles. The first-order valence-corrected chi connectivity index (χ1v) is 6.63. The van der Waals surface area contributed by atoms with Crippen molar-refractivity contribution < 1.29 is 9.53 Å². The molecule has 2 rings (SSSR count).